The lowest BCUT2D eigenvalue weighted by atomic mass is 9.92. The number of carbonyl (C=O) groups excluding carboxylic acids is 2. The molecule has 2 aromatic heterocycles. The number of aromatic nitrogens is 1. The summed E-state index contributed by atoms with van der Waals surface area (Å²) in [5, 5.41) is 5.43. The van der Waals surface area contributed by atoms with Gasteiger partial charge in [0.25, 0.3) is 5.91 Å². The van der Waals surface area contributed by atoms with E-state index in [1.54, 1.807) is 12.1 Å². The molecule has 4 rings (SSSR count). The van der Waals surface area contributed by atoms with Gasteiger partial charge < -0.3 is 19.6 Å². The number of hydrogen-bond acceptors (Lipinski definition) is 3. The van der Waals surface area contributed by atoms with E-state index in [1.165, 1.54) is 18.4 Å². The summed E-state index contributed by atoms with van der Waals surface area (Å²) in [5.41, 5.74) is 2.30. The molecule has 0 spiro atoms. The smallest absolute Gasteiger partial charge is 0.416 e. The molecule has 0 aliphatic heterocycles. The van der Waals surface area contributed by atoms with E-state index >= 15 is 0 Å². The van der Waals surface area contributed by atoms with Crippen molar-refractivity contribution in [3.8, 4) is 5.69 Å². The van der Waals surface area contributed by atoms with Gasteiger partial charge in [0.15, 0.2) is 5.76 Å². The zero-order chi connectivity index (χ0) is 22.9. The number of halogens is 3. The molecule has 0 saturated heterocycles. The Labute approximate surface area is 182 Å². The normalized spacial score (nSPS) is 15.8. The molecule has 1 aromatic carbocycles. The molecule has 6 nitrogen and oxygen atoms in total. The number of benzene rings is 1. The summed E-state index contributed by atoms with van der Waals surface area (Å²) in [6, 6.07) is 9.94. The summed E-state index contributed by atoms with van der Waals surface area (Å²) in [6.45, 7) is 1.62. The van der Waals surface area contributed by atoms with E-state index in [1.807, 2.05) is 17.6 Å². The molecule has 2 amide bonds. The highest BCUT2D eigenvalue weighted by Gasteiger charge is 2.31. The highest BCUT2D eigenvalue weighted by molar-refractivity contribution is 5.94. The highest BCUT2D eigenvalue weighted by Crippen LogP contribution is 2.36. The molecule has 0 bridgehead atoms. The molecule has 0 radical (unpaired) electrons. The maximum absolute atomic E-state index is 13.2. The first-order valence-electron chi connectivity index (χ1n) is 10.2. The summed E-state index contributed by atoms with van der Waals surface area (Å²) in [6.07, 6.45) is -0.874. The minimum absolute atomic E-state index is 0.117. The summed E-state index contributed by atoms with van der Waals surface area (Å²) in [5.74, 6) is -0.722. The predicted molar refractivity (Wildman–Crippen MR) is 110 cm³/mol. The van der Waals surface area contributed by atoms with Crippen molar-refractivity contribution in [2.45, 2.75) is 38.4 Å². The third-order valence-corrected chi connectivity index (χ3v) is 5.52. The minimum atomic E-state index is -4.42. The van der Waals surface area contributed by atoms with Crippen molar-refractivity contribution in [3.63, 3.8) is 0 Å². The summed E-state index contributed by atoms with van der Waals surface area (Å²) in [4.78, 5) is 24.4. The van der Waals surface area contributed by atoms with E-state index in [0.29, 0.717) is 18.5 Å². The highest BCUT2D eigenvalue weighted by atomic mass is 19.4. The number of rotatable bonds is 5. The van der Waals surface area contributed by atoms with E-state index in [0.717, 1.165) is 35.5 Å². The third-order valence-electron chi connectivity index (χ3n) is 5.52. The summed E-state index contributed by atoms with van der Waals surface area (Å²) in [7, 11) is 0. The Morgan fingerprint density at radius 2 is 2.00 bits per heavy atom. The first-order chi connectivity index (χ1) is 15.2. The van der Waals surface area contributed by atoms with Crippen LogP contribution in [0.15, 0.2) is 53.1 Å². The van der Waals surface area contributed by atoms with Crippen LogP contribution >= 0.6 is 0 Å². The van der Waals surface area contributed by atoms with Crippen molar-refractivity contribution in [3.05, 3.63) is 77.0 Å². The first kappa shape index (κ1) is 21.7. The number of alkyl halides is 3. The number of hydrogen-bond donors (Lipinski definition) is 2. The standard InChI is InChI=1S/C23H22F3N3O3/c1-14-11-17-18(28-21(30)13-27-22(31)20-9-4-10-32-20)7-3-8-19(17)29(14)16-6-2-5-15(12-16)23(24,25)26/h2,4-6,9-12,18H,3,7-8,13H2,1H3,(H,27,31)(H,28,30). The van der Waals surface area contributed by atoms with Crippen LogP contribution < -0.4 is 10.6 Å². The molecule has 32 heavy (non-hydrogen) atoms. The number of fused-ring (bicyclic) bond motifs is 1. The second-order valence-corrected chi connectivity index (χ2v) is 7.74. The Morgan fingerprint density at radius 1 is 1.19 bits per heavy atom. The molecule has 2 heterocycles. The molecule has 3 aromatic rings. The number of furan rings is 1. The van der Waals surface area contributed by atoms with Gasteiger partial charge in [0.2, 0.25) is 5.91 Å². The molecular weight excluding hydrogens is 423 g/mol. The Kier molecular flexibility index (Phi) is 5.82. The van der Waals surface area contributed by atoms with Gasteiger partial charge in [0.1, 0.15) is 0 Å². The van der Waals surface area contributed by atoms with Gasteiger partial charge in [-0.25, -0.2) is 0 Å². The van der Waals surface area contributed by atoms with Crippen molar-refractivity contribution in [1.29, 1.82) is 0 Å². The topological polar surface area (TPSA) is 76.3 Å². The lowest BCUT2D eigenvalue weighted by Gasteiger charge is -2.25. The zero-order valence-electron chi connectivity index (χ0n) is 17.3. The van der Waals surface area contributed by atoms with Crippen LogP contribution in [0.4, 0.5) is 13.2 Å². The summed E-state index contributed by atoms with van der Waals surface area (Å²) < 4.78 is 46.4. The SMILES string of the molecule is Cc1cc2c(n1-c1cccc(C(F)(F)F)c1)CCCC2NC(=O)CNC(=O)c1ccco1. The Morgan fingerprint density at radius 3 is 2.72 bits per heavy atom. The number of carbonyl (C=O) groups is 2. The average Bonchev–Trinajstić information content (AvgIpc) is 3.40. The van der Waals surface area contributed by atoms with Crippen LogP contribution in [0, 0.1) is 6.92 Å². The molecular formula is C23H22F3N3O3. The maximum Gasteiger partial charge on any atom is 0.416 e. The van der Waals surface area contributed by atoms with Gasteiger partial charge in [-0.05, 0) is 68.1 Å². The number of nitrogens with one attached hydrogen (secondary N) is 2. The Balaban J connectivity index is 1.51. The van der Waals surface area contributed by atoms with Crippen molar-refractivity contribution in [2.24, 2.45) is 0 Å². The largest absolute Gasteiger partial charge is 0.459 e. The predicted octanol–water partition coefficient (Wildman–Crippen LogP) is 4.32. The molecule has 0 saturated carbocycles. The number of aryl methyl sites for hydroxylation is 1. The van der Waals surface area contributed by atoms with Crippen molar-refractivity contribution >= 4 is 11.8 Å². The van der Waals surface area contributed by atoms with Gasteiger partial charge in [-0.15, -0.1) is 0 Å². The van der Waals surface area contributed by atoms with Gasteiger partial charge in [-0.1, -0.05) is 6.07 Å². The number of nitrogens with zero attached hydrogens (tertiary/aromatic N) is 1. The lowest BCUT2D eigenvalue weighted by Crippen LogP contribution is -2.39. The Bertz CT molecular complexity index is 1130. The van der Waals surface area contributed by atoms with Gasteiger partial charge in [0.05, 0.1) is 24.4 Å². The summed E-state index contributed by atoms with van der Waals surface area (Å²) >= 11 is 0. The van der Waals surface area contributed by atoms with Crippen molar-refractivity contribution < 1.29 is 27.2 Å². The van der Waals surface area contributed by atoms with E-state index in [9.17, 15) is 22.8 Å². The van der Waals surface area contributed by atoms with E-state index in [4.69, 9.17) is 4.42 Å². The molecule has 168 valence electrons. The van der Waals surface area contributed by atoms with Crippen LogP contribution in [0.1, 0.15) is 52.0 Å². The van der Waals surface area contributed by atoms with Gasteiger partial charge >= 0.3 is 6.18 Å². The quantitative estimate of drug-likeness (QED) is 0.614. The molecule has 1 unspecified atom stereocenters. The van der Waals surface area contributed by atoms with Gasteiger partial charge in [-0.3, -0.25) is 9.59 Å². The van der Waals surface area contributed by atoms with E-state index in [-0.39, 0.29) is 24.3 Å². The monoisotopic (exact) mass is 445 g/mol. The molecule has 1 aliphatic rings. The third kappa shape index (κ3) is 4.42. The van der Waals surface area contributed by atoms with Crippen LogP contribution in [0.25, 0.3) is 5.69 Å². The molecule has 2 N–H and O–H groups in total. The average molecular weight is 445 g/mol. The van der Waals surface area contributed by atoms with Gasteiger partial charge in [-0.2, -0.15) is 13.2 Å². The van der Waals surface area contributed by atoms with Crippen LogP contribution in [0.5, 0.6) is 0 Å². The number of amides is 2. The second-order valence-electron chi connectivity index (χ2n) is 7.74. The molecule has 0 fully saturated rings. The van der Waals surface area contributed by atoms with Crippen LogP contribution in [0.3, 0.4) is 0 Å². The van der Waals surface area contributed by atoms with Crippen LogP contribution in [0.2, 0.25) is 0 Å². The fourth-order valence-electron chi connectivity index (χ4n) is 4.13. The van der Waals surface area contributed by atoms with E-state index < -0.39 is 17.6 Å². The van der Waals surface area contributed by atoms with Crippen LogP contribution in [-0.4, -0.2) is 22.9 Å². The molecule has 1 aliphatic carbocycles. The van der Waals surface area contributed by atoms with Crippen molar-refractivity contribution in [1.82, 2.24) is 15.2 Å². The zero-order valence-corrected chi connectivity index (χ0v) is 17.3. The van der Waals surface area contributed by atoms with Crippen molar-refractivity contribution in [2.75, 3.05) is 6.54 Å². The van der Waals surface area contributed by atoms with E-state index in [2.05, 4.69) is 10.6 Å². The molecule has 1 atom stereocenters. The molecule has 9 heteroatoms. The second kappa shape index (κ2) is 8.57. The first-order valence-corrected chi connectivity index (χ1v) is 10.2. The van der Waals surface area contributed by atoms with Gasteiger partial charge in [0, 0.05) is 17.1 Å². The van der Waals surface area contributed by atoms with Crippen LogP contribution in [-0.2, 0) is 17.4 Å². The maximum atomic E-state index is 13.2. The fourth-order valence-corrected chi connectivity index (χ4v) is 4.13. The minimum Gasteiger partial charge on any atom is -0.459 e. The lowest BCUT2D eigenvalue weighted by molar-refractivity contribution is -0.137. The Hall–Kier alpha value is -3.49. The fraction of sp³-hybridized carbons (Fsp3) is 0.304.